The van der Waals surface area contributed by atoms with Crippen molar-refractivity contribution >= 4 is 5.78 Å². The van der Waals surface area contributed by atoms with E-state index in [1.807, 2.05) is 0 Å². The van der Waals surface area contributed by atoms with Crippen LogP contribution in [-0.4, -0.2) is 26.5 Å². The third-order valence-electron chi connectivity index (χ3n) is 5.26. The van der Waals surface area contributed by atoms with Gasteiger partial charge in [0.25, 0.3) is 5.56 Å². The molecule has 0 atom stereocenters. The van der Waals surface area contributed by atoms with Crippen LogP contribution in [0.25, 0.3) is 11.3 Å². The summed E-state index contributed by atoms with van der Waals surface area (Å²) >= 11 is 0. The predicted octanol–water partition coefficient (Wildman–Crippen LogP) is 4.47. The molecule has 1 aliphatic carbocycles. The van der Waals surface area contributed by atoms with E-state index in [9.17, 15) is 35.9 Å². The second-order valence-electron chi connectivity index (χ2n) is 7.99. The number of rotatable bonds is 8. The van der Waals surface area contributed by atoms with Crippen LogP contribution in [0.1, 0.15) is 43.6 Å². The highest BCUT2D eigenvalue weighted by atomic mass is 19.4. The van der Waals surface area contributed by atoms with Crippen molar-refractivity contribution in [1.29, 1.82) is 5.26 Å². The Kier molecular flexibility index (Phi) is 6.63. The highest BCUT2D eigenvalue weighted by molar-refractivity contribution is 5.80. The molecule has 33 heavy (non-hydrogen) atoms. The lowest BCUT2D eigenvalue weighted by molar-refractivity contribution is -0.141. The summed E-state index contributed by atoms with van der Waals surface area (Å²) in [6, 6.07) is 4.80. The number of ketones is 1. The van der Waals surface area contributed by atoms with E-state index in [0.29, 0.717) is 18.9 Å². The molecule has 1 saturated carbocycles. The largest absolute Gasteiger partial charge is 0.433 e. The molecule has 0 aromatic carbocycles. The van der Waals surface area contributed by atoms with Gasteiger partial charge in [0.1, 0.15) is 11.5 Å². The molecule has 1 fully saturated rings. The number of Topliss-reactive ketones (excluding diaryl/α,β-unsaturated/α-hetero) is 1. The van der Waals surface area contributed by atoms with Crippen LogP contribution >= 0.6 is 0 Å². The summed E-state index contributed by atoms with van der Waals surface area (Å²) in [5.41, 5.74) is -2.64. The normalized spacial score (nSPS) is 15.2. The van der Waals surface area contributed by atoms with Crippen molar-refractivity contribution in [3.63, 3.8) is 0 Å². The van der Waals surface area contributed by atoms with Crippen LogP contribution in [0.15, 0.2) is 29.2 Å². The first-order valence-corrected chi connectivity index (χ1v) is 9.96. The topological polar surface area (TPSA) is 88.6 Å². The van der Waals surface area contributed by atoms with Crippen LogP contribution in [0, 0.1) is 16.7 Å². The average molecular weight is 472 g/mol. The van der Waals surface area contributed by atoms with Crippen molar-refractivity contribution in [3.8, 4) is 17.3 Å². The fourth-order valence-electron chi connectivity index (χ4n) is 3.31. The van der Waals surface area contributed by atoms with Crippen LogP contribution in [0.5, 0.6) is 0 Å². The molecule has 0 unspecified atom stereocenters. The summed E-state index contributed by atoms with van der Waals surface area (Å²) in [7, 11) is 0. The number of carbonyl (C=O) groups is 1. The van der Waals surface area contributed by atoms with E-state index in [4.69, 9.17) is 5.26 Å². The number of carbonyl (C=O) groups excluding carboxylic acids is 1. The van der Waals surface area contributed by atoms with E-state index < -0.39 is 54.2 Å². The lowest BCUT2D eigenvalue weighted by Gasteiger charge is -2.15. The molecule has 0 spiro atoms. The van der Waals surface area contributed by atoms with E-state index >= 15 is 0 Å². The maximum absolute atomic E-state index is 12.7. The zero-order valence-corrected chi connectivity index (χ0v) is 17.1. The second-order valence-corrected chi connectivity index (χ2v) is 7.99. The molecule has 6 nitrogen and oxygen atoms in total. The molecular formula is C21H18F6N4O2. The van der Waals surface area contributed by atoms with Gasteiger partial charge in [-0.2, -0.15) is 31.6 Å². The summed E-state index contributed by atoms with van der Waals surface area (Å²) in [6.45, 7) is -0.456. The van der Waals surface area contributed by atoms with Crippen molar-refractivity contribution in [2.45, 2.75) is 57.4 Å². The van der Waals surface area contributed by atoms with Gasteiger partial charge in [0, 0.05) is 37.1 Å². The molecule has 0 aliphatic heterocycles. The van der Waals surface area contributed by atoms with Gasteiger partial charge in [0.2, 0.25) is 0 Å². The molecule has 0 bridgehead atoms. The van der Waals surface area contributed by atoms with E-state index in [1.165, 1.54) is 0 Å². The zero-order chi connectivity index (χ0) is 24.4. The van der Waals surface area contributed by atoms with Gasteiger partial charge < -0.3 is 0 Å². The molecule has 2 aromatic rings. The van der Waals surface area contributed by atoms with Crippen molar-refractivity contribution < 1.29 is 31.1 Å². The number of nitriles is 1. The minimum absolute atomic E-state index is 0.0667. The zero-order valence-electron chi connectivity index (χ0n) is 17.1. The van der Waals surface area contributed by atoms with E-state index in [1.54, 1.807) is 0 Å². The summed E-state index contributed by atoms with van der Waals surface area (Å²) in [5, 5.41) is 9.14. The van der Waals surface area contributed by atoms with Crippen LogP contribution in [0.2, 0.25) is 0 Å². The van der Waals surface area contributed by atoms with E-state index in [0.717, 1.165) is 22.9 Å². The third kappa shape index (κ3) is 6.40. The van der Waals surface area contributed by atoms with Crippen molar-refractivity contribution in [2.75, 3.05) is 0 Å². The van der Waals surface area contributed by atoms with E-state index in [2.05, 4.69) is 16.0 Å². The molecule has 12 heteroatoms. The Hall–Kier alpha value is -3.23. The van der Waals surface area contributed by atoms with Crippen LogP contribution in [-0.2, 0) is 23.9 Å². The van der Waals surface area contributed by atoms with E-state index in [-0.39, 0.29) is 29.9 Å². The first kappa shape index (κ1) is 24.4. The van der Waals surface area contributed by atoms with Gasteiger partial charge in [0.05, 0.1) is 23.7 Å². The van der Waals surface area contributed by atoms with Gasteiger partial charge >= 0.3 is 12.4 Å². The average Bonchev–Trinajstić information content (AvgIpc) is 3.48. The molecule has 0 saturated heterocycles. The second kappa shape index (κ2) is 8.96. The number of aromatic nitrogens is 3. The minimum atomic E-state index is -4.67. The fraction of sp³-hybridized carbons (Fsp3) is 0.476. The van der Waals surface area contributed by atoms with Crippen molar-refractivity contribution in [1.82, 2.24) is 14.5 Å². The molecule has 0 amide bonds. The molecular weight excluding hydrogens is 454 g/mol. The first-order valence-electron chi connectivity index (χ1n) is 9.96. The van der Waals surface area contributed by atoms with Gasteiger partial charge in [-0.25, -0.2) is 4.98 Å². The first-order chi connectivity index (χ1) is 15.3. The van der Waals surface area contributed by atoms with Crippen molar-refractivity contribution in [3.05, 3.63) is 46.3 Å². The molecule has 2 heterocycles. The van der Waals surface area contributed by atoms with Gasteiger partial charge in [-0.1, -0.05) is 0 Å². The Balaban J connectivity index is 1.90. The van der Waals surface area contributed by atoms with Crippen LogP contribution in [0.3, 0.4) is 0 Å². The summed E-state index contributed by atoms with van der Waals surface area (Å²) in [5.74, 6) is -0.532. The highest BCUT2D eigenvalue weighted by Gasteiger charge is 2.44. The Labute approximate surface area is 183 Å². The van der Waals surface area contributed by atoms with Gasteiger partial charge in [0.15, 0.2) is 5.78 Å². The van der Waals surface area contributed by atoms with Crippen LogP contribution < -0.4 is 5.56 Å². The quantitative estimate of drug-likeness (QED) is 0.529. The van der Waals surface area contributed by atoms with Gasteiger partial charge in [-0.3, -0.25) is 19.1 Å². The van der Waals surface area contributed by atoms with Gasteiger partial charge in [-0.15, -0.1) is 0 Å². The summed E-state index contributed by atoms with van der Waals surface area (Å²) in [6.07, 6.45) is -9.02. The molecule has 176 valence electrons. The maximum atomic E-state index is 12.7. The maximum Gasteiger partial charge on any atom is 0.433 e. The molecule has 0 radical (unpaired) electrons. The summed E-state index contributed by atoms with van der Waals surface area (Å²) < 4.78 is 76.9. The molecule has 3 rings (SSSR count). The predicted molar refractivity (Wildman–Crippen MR) is 103 cm³/mol. The Morgan fingerprint density at radius 3 is 2.39 bits per heavy atom. The number of alkyl halides is 6. The molecule has 2 aromatic heterocycles. The number of halogens is 6. The molecule has 1 aliphatic rings. The molecule has 0 N–H and O–H groups in total. The Bertz CT molecular complexity index is 1130. The number of pyridine rings is 1. The third-order valence-corrected chi connectivity index (χ3v) is 5.26. The Morgan fingerprint density at radius 2 is 1.88 bits per heavy atom. The highest BCUT2D eigenvalue weighted by Crippen LogP contribution is 2.48. The lowest BCUT2D eigenvalue weighted by atomic mass is 10.0. The smallest absolute Gasteiger partial charge is 0.298 e. The fourth-order valence-corrected chi connectivity index (χ4v) is 3.31. The lowest BCUT2D eigenvalue weighted by Crippen LogP contribution is -2.29. The minimum Gasteiger partial charge on any atom is -0.298 e. The SMILES string of the molecule is N#CC1(CC(=O)Cn2c(CCCC(F)(F)F)nc(-c3ccc(C(F)(F)F)nc3)cc2=O)CC1. The van der Waals surface area contributed by atoms with Gasteiger partial charge in [-0.05, 0) is 31.4 Å². The number of nitrogens with zero attached hydrogens (tertiary/aromatic N) is 4. The summed E-state index contributed by atoms with van der Waals surface area (Å²) in [4.78, 5) is 32.6. The standard InChI is InChI=1S/C21H18F6N4O2/c22-20(23,24)5-1-2-17-30-15(13-3-4-16(29-10-13)21(25,26)27)8-18(33)31(17)11-14(32)9-19(12-28)6-7-19/h3-4,8,10H,1-2,5-7,9,11H2. The van der Waals surface area contributed by atoms with Crippen LogP contribution in [0.4, 0.5) is 26.3 Å². The number of hydrogen-bond donors (Lipinski definition) is 0. The number of aryl methyl sites for hydroxylation is 1. The monoisotopic (exact) mass is 472 g/mol. The Morgan fingerprint density at radius 1 is 1.18 bits per heavy atom. The number of hydrogen-bond acceptors (Lipinski definition) is 5. The van der Waals surface area contributed by atoms with Crippen molar-refractivity contribution in [2.24, 2.45) is 5.41 Å².